The molecule has 0 aromatic heterocycles. The Morgan fingerprint density at radius 3 is 2.25 bits per heavy atom. The summed E-state index contributed by atoms with van der Waals surface area (Å²) in [6.45, 7) is 0. The summed E-state index contributed by atoms with van der Waals surface area (Å²) in [6.07, 6.45) is 0. The zero-order chi connectivity index (χ0) is 3.41. The first-order valence-corrected chi connectivity index (χ1v) is 3.62. The molecule has 2 atom stereocenters. The fourth-order valence-electron chi connectivity index (χ4n) is 0. The standard InChI is InChI=1S/BH5OP2/c1-2-4-3/h4H,1,3H2. The molecule has 0 aromatic rings. The molecule has 0 aliphatic carbocycles. The van der Waals surface area contributed by atoms with E-state index in [4.69, 9.17) is 0 Å². The smallest absolute Gasteiger partial charge is 0.263 e. The van der Waals surface area contributed by atoms with Crippen molar-refractivity contribution in [3.8, 4) is 0 Å². The molecule has 0 saturated heterocycles. The molecule has 1 nitrogen and oxygen atoms in total. The first-order valence-electron chi connectivity index (χ1n) is 0.901. The summed E-state index contributed by atoms with van der Waals surface area (Å²) in [4.78, 5) is 0. The van der Waals surface area contributed by atoms with Gasteiger partial charge in [-0.25, -0.2) is 0 Å². The summed E-state index contributed by atoms with van der Waals surface area (Å²) in [5.41, 5.74) is 0. The molecule has 24 valence electrons. The van der Waals surface area contributed by atoms with E-state index in [1.54, 1.807) is 8.05 Å². The maximum Gasteiger partial charge on any atom is 0.263 e. The third-order valence-electron chi connectivity index (χ3n) is 0.118. The monoisotopic (exact) mass is 94.0 g/mol. The van der Waals surface area contributed by atoms with Gasteiger partial charge >= 0.3 is 0 Å². The second kappa shape index (κ2) is 3.88. The first kappa shape index (κ1) is 4.88. The molecule has 0 bridgehead atoms. The van der Waals surface area contributed by atoms with E-state index in [1.165, 1.54) is 0 Å². The summed E-state index contributed by atoms with van der Waals surface area (Å²) in [7, 11) is 4.69. The van der Waals surface area contributed by atoms with Gasteiger partial charge in [-0.05, 0) is 0 Å². The average Bonchev–Trinajstić information content (AvgIpc) is 1.37. The van der Waals surface area contributed by atoms with Crippen molar-refractivity contribution < 1.29 is 4.44 Å². The van der Waals surface area contributed by atoms with Crippen LogP contribution in [-0.4, -0.2) is 8.05 Å². The molecule has 4 heteroatoms. The molecular weight excluding hydrogens is 88.8 g/mol. The van der Waals surface area contributed by atoms with Crippen LogP contribution in [-0.2, 0) is 4.44 Å². The van der Waals surface area contributed by atoms with Crippen LogP contribution < -0.4 is 0 Å². The summed E-state index contributed by atoms with van der Waals surface area (Å²) >= 11 is 0. The Hall–Kier alpha value is 0.885. The molecule has 2 unspecified atom stereocenters. The minimum Gasteiger partial charge on any atom is -0.423 e. The minimum absolute atomic E-state index is 0.557. The van der Waals surface area contributed by atoms with Gasteiger partial charge in [-0.2, -0.15) is 0 Å². The van der Waals surface area contributed by atoms with Crippen molar-refractivity contribution >= 4 is 25.5 Å². The van der Waals surface area contributed by atoms with Crippen molar-refractivity contribution in [3.63, 3.8) is 0 Å². The highest BCUT2D eigenvalue weighted by atomic mass is 32.0. The molecule has 0 fully saturated rings. The summed E-state index contributed by atoms with van der Waals surface area (Å²) < 4.78 is 4.53. The van der Waals surface area contributed by atoms with E-state index in [1.807, 2.05) is 0 Å². The average molecular weight is 93.8 g/mol. The molecular formula is H5BOP2. The fraction of sp³-hybridized carbons (Fsp3) is 0. The number of rotatable bonds is 1. The molecule has 0 saturated carbocycles. The van der Waals surface area contributed by atoms with Crippen LogP contribution in [0.25, 0.3) is 0 Å². The molecule has 0 N–H and O–H groups in total. The predicted octanol–water partition coefficient (Wildman–Crippen LogP) is -0.0653. The van der Waals surface area contributed by atoms with Gasteiger partial charge in [0.2, 0.25) is 0 Å². The lowest BCUT2D eigenvalue weighted by Gasteiger charge is -1.76. The third kappa shape index (κ3) is 2.88. The van der Waals surface area contributed by atoms with Crippen LogP contribution in [0.5, 0.6) is 0 Å². The van der Waals surface area contributed by atoms with Crippen LogP contribution in [0.2, 0.25) is 0 Å². The number of hydrogen-bond donors (Lipinski definition) is 0. The van der Waals surface area contributed by atoms with Gasteiger partial charge in [0.15, 0.2) is 0 Å². The summed E-state index contributed by atoms with van der Waals surface area (Å²) in [5.74, 6) is 0. The van der Waals surface area contributed by atoms with E-state index in [9.17, 15) is 0 Å². The van der Waals surface area contributed by atoms with Crippen molar-refractivity contribution in [2.24, 2.45) is 0 Å². The summed E-state index contributed by atoms with van der Waals surface area (Å²) in [5, 5.41) is 0. The van der Waals surface area contributed by atoms with Gasteiger partial charge in [0.1, 0.15) is 0 Å². The second-order valence-electron chi connectivity index (χ2n) is 0.322. The highest BCUT2D eigenvalue weighted by Crippen LogP contribution is 2.17. The molecule has 0 rings (SSSR count). The van der Waals surface area contributed by atoms with Crippen molar-refractivity contribution in [1.82, 2.24) is 0 Å². The normalized spacial score (nSPS) is 10.2. The van der Waals surface area contributed by atoms with E-state index >= 15 is 0 Å². The largest absolute Gasteiger partial charge is 0.423 e. The van der Waals surface area contributed by atoms with Gasteiger partial charge in [-0.1, -0.05) is 8.93 Å². The van der Waals surface area contributed by atoms with E-state index in [0.29, 0.717) is 8.50 Å². The maximum atomic E-state index is 4.53. The molecule has 0 aliphatic heterocycles. The SMILES string of the molecule is BOPP. The Morgan fingerprint density at radius 1 is 2.00 bits per heavy atom. The highest BCUT2D eigenvalue weighted by molar-refractivity contribution is 8.00. The van der Waals surface area contributed by atoms with Gasteiger partial charge in [-0.3, -0.25) is 0 Å². The van der Waals surface area contributed by atoms with Gasteiger partial charge < -0.3 is 4.44 Å². The van der Waals surface area contributed by atoms with Crippen LogP contribution in [0, 0.1) is 0 Å². The van der Waals surface area contributed by atoms with Gasteiger partial charge in [0.25, 0.3) is 8.05 Å². The zero-order valence-electron chi connectivity index (χ0n) is 2.49. The topological polar surface area (TPSA) is 9.23 Å². The Morgan fingerprint density at radius 2 is 2.25 bits per heavy atom. The highest BCUT2D eigenvalue weighted by Gasteiger charge is 1.52. The molecule has 0 spiro atoms. The van der Waals surface area contributed by atoms with E-state index in [2.05, 4.69) is 13.4 Å². The molecule has 0 aromatic carbocycles. The Bertz CT molecular complexity index is 8.00. The lowest BCUT2D eigenvalue weighted by atomic mass is 10.6. The molecule has 0 amide bonds. The predicted molar refractivity (Wildman–Crippen MR) is 27.7 cm³/mol. The first-order chi connectivity index (χ1) is 1.91. The fourth-order valence-corrected chi connectivity index (χ4v) is 0. The van der Waals surface area contributed by atoms with Crippen molar-refractivity contribution in [1.29, 1.82) is 0 Å². The van der Waals surface area contributed by atoms with Crippen LogP contribution in [0.3, 0.4) is 0 Å². The molecule has 0 aliphatic rings. The van der Waals surface area contributed by atoms with Crippen LogP contribution >= 0.6 is 17.4 Å². The van der Waals surface area contributed by atoms with Crippen LogP contribution in [0.1, 0.15) is 0 Å². The van der Waals surface area contributed by atoms with Gasteiger partial charge in [0, 0.05) is 8.50 Å². The van der Waals surface area contributed by atoms with Crippen molar-refractivity contribution in [2.45, 2.75) is 0 Å². The minimum atomic E-state index is 0.557. The Kier molecular flexibility index (Phi) is 4.74. The zero-order valence-corrected chi connectivity index (χ0v) is 4.64. The van der Waals surface area contributed by atoms with Crippen LogP contribution in [0.15, 0.2) is 0 Å². The van der Waals surface area contributed by atoms with Crippen LogP contribution in [0.4, 0.5) is 0 Å². The third-order valence-corrected chi connectivity index (χ3v) is 1.06. The summed E-state index contributed by atoms with van der Waals surface area (Å²) in [6, 6.07) is 0. The Labute approximate surface area is 30.9 Å². The second-order valence-corrected chi connectivity index (χ2v) is 1.67. The van der Waals surface area contributed by atoms with Gasteiger partial charge in [0.05, 0.1) is 0 Å². The molecule has 0 radical (unpaired) electrons. The lowest BCUT2D eigenvalue weighted by molar-refractivity contribution is 0.721. The molecule has 4 heavy (non-hydrogen) atoms. The van der Waals surface area contributed by atoms with E-state index in [0.717, 1.165) is 0 Å². The van der Waals surface area contributed by atoms with Crippen molar-refractivity contribution in [3.05, 3.63) is 0 Å². The quantitative estimate of drug-likeness (QED) is 0.326. The van der Waals surface area contributed by atoms with E-state index < -0.39 is 0 Å². The van der Waals surface area contributed by atoms with Gasteiger partial charge in [-0.15, -0.1) is 0 Å². The Balaban J connectivity index is 1.97. The van der Waals surface area contributed by atoms with Crippen molar-refractivity contribution in [2.75, 3.05) is 0 Å². The lowest BCUT2D eigenvalue weighted by Crippen LogP contribution is -1.49. The maximum absolute atomic E-state index is 4.53. The molecule has 0 heterocycles. The van der Waals surface area contributed by atoms with E-state index in [-0.39, 0.29) is 0 Å². The number of hydrogen-bond acceptors (Lipinski definition) is 1.